The number of hydrogen-bond acceptors (Lipinski definition) is 1. The molecule has 2 aliphatic rings. The van der Waals surface area contributed by atoms with Crippen LogP contribution in [0, 0.1) is 0 Å². The van der Waals surface area contributed by atoms with E-state index in [-0.39, 0.29) is 5.41 Å². The van der Waals surface area contributed by atoms with E-state index in [1.165, 1.54) is 50.1 Å². The van der Waals surface area contributed by atoms with Gasteiger partial charge >= 0.3 is 0 Å². The molecule has 0 saturated carbocycles. The van der Waals surface area contributed by atoms with Gasteiger partial charge < -0.3 is 0 Å². The largest absolute Gasteiger partial charge is 0.300 e. The number of nitrogens with zero attached hydrogens (tertiary/aromatic N) is 1. The van der Waals surface area contributed by atoms with E-state index in [4.69, 9.17) is 0 Å². The van der Waals surface area contributed by atoms with Gasteiger partial charge in [-0.1, -0.05) is 105 Å². The highest BCUT2D eigenvalue weighted by Crippen LogP contribution is 2.62. The smallest absolute Gasteiger partial charge is 0.0725 e. The van der Waals surface area contributed by atoms with Crippen molar-refractivity contribution in [2.75, 3.05) is 13.1 Å². The van der Waals surface area contributed by atoms with Crippen molar-refractivity contribution in [3.05, 3.63) is 119 Å². The fourth-order valence-corrected chi connectivity index (χ4v) is 5.95. The van der Waals surface area contributed by atoms with Gasteiger partial charge in [-0.05, 0) is 63.2 Å². The van der Waals surface area contributed by atoms with E-state index >= 15 is 0 Å². The molecule has 1 heteroatoms. The third-order valence-electron chi connectivity index (χ3n) is 7.36. The molecule has 1 nitrogen and oxygen atoms in total. The Morgan fingerprint density at radius 2 is 1.00 bits per heavy atom. The molecule has 2 aliphatic carbocycles. The van der Waals surface area contributed by atoms with Crippen LogP contribution in [0.2, 0.25) is 0 Å². The van der Waals surface area contributed by atoms with Crippen molar-refractivity contribution in [3.63, 3.8) is 0 Å². The lowest BCUT2D eigenvalue weighted by Gasteiger charge is -2.31. The van der Waals surface area contributed by atoms with Crippen LogP contribution in [0.5, 0.6) is 0 Å². The molecule has 0 amide bonds. The van der Waals surface area contributed by atoms with E-state index in [0.29, 0.717) is 0 Å². The fourth-order valence-electron chi connectivity index (χ4n) is 5.95. The molecule has 0 aliphatic heterocycles. The van der Waals surface area contributed by atoms with E-state index in [1.54, 1.807) is 0 Å². The molecule has 1 spiro atoms. The summed E-state index contributed by atoms with van der Waals surface area (Å²) in [6.45, 7) is 7.64. The van der Waals surface area contributed by atoms with Gasteiger partial charge in [-0.2, -0.15) is 0 Å². The lowest BCUT2D eigenvalue weighted by Crippen LogP contribution is -2.26. The topological polar surface area (TPSA) is 3.24 Å². The monoisotopic (exact) mass is 401 g/mol. The Labute approximate surface area is 185 Å². The van der Waals surface area contributed by atoms with E-state index in [2.05, 4.69) is 110 Å². The summed E-state index contributed by atoms with van der Waals surface area (Å²) in [7, 11) is 0. The first kappa shape index (κ1) is 18.6. The zero-order valence-electron chi connectivity index (χ0n) is 18.2. The Morgan fingerprint density at radius 3 is 1.48 bits per heavy atom. The molecule has 0 saturated heterocycles. The van der Waals surface area contributed by atoms with Gasteiger partial charge in [-0.3, -0.25) is 4.90 Å². The van der Waals surface area contributed by atoms with Crippen molar-refractivity contribution >= 4 is 0 Å². The third kappa shape index (κ3) is 2.41. The highest BCUT2D eigenvalue weighted by molar-refractivity contribution is 5.94. The molecule has 6 rings (SSSR count). The second-order valence-corrected chi connectivity index (χ2v) is 8.73. The molecule has 0 N–H and O–H groups in total. The highest BCUT2D eigenvalue weighted by atomic mass is 15.1. The quantitative estimate of drug-likeness (QED) is 0.311. The molecule has 0 unspecified atom stereocenters. The summed E-state index contributed by atoms with van der Waals surface area (Å²) in [6, 6.07) is 34.3. The maximum atomic E-state index is 2.49. The minimum absolute atomic E-state index is 0.224. The molecule has 4 aromatic carbocycles. The highest BCUT2D eigenvalue weighted by Gasteiger charge is 2.51. The van der Waals surface area contributed by atoms with Gasteiger partial charge in [-0.15, -0.1) is 0 Å². The van der Waals surface area contributed by atoms with Gasteiger partial charge in [0.2, 0.25) is 0 Å². The number of rotatable bonds is 4. The first-order valence-corrected chi connectivity index (χ1v) is 11.4. The van der Waals surface area contributed by atoms with Gasteiger partial charge in [0.15, 0.2) is 0 Å². The summed E-state index contributed by atoms with van der Waals surface area (Å²) in [5, 5.41) is 0. The molecule has 31 heavy (non-hydrogen) atoms. The van der Waals surface area contributed by atoms with Gasteiger partial charge in [-0.25, -0.2) is 0 Å². The fraction of sp³-hybridized carbons (Fsp3) is 0.200. The molecular formula is C30H27N. The standard InChI is InChI=1S/C30H27N/c1-3-31(4-2)20-21-17-18-25-24-13-7-10-16-28(24)30(29(25)19-21)26-14-8-5-11-22(26)23-12-6-9-15-27(23)30/h5-19H,3-4,20H2,1-2H3. The van der Waals surface area contributed by atoms with Crippen LogP contribution < -0.4 is 0 Å². The Kier molecular flexibility index (Phi) is 4.16. The molecule has 0 atom stereocenters. The first-order valence-electron chi connectivity index (χ1n) is 11.4. The molecule has 0 fully saturated rings. The van der Waals surface area contributed by atoms with Crippen LogP contribution >= 0.6 is 0 Å². The van der Waals surface area contributed by atoms with Gasteiger partial charge in [0.1, 0.15) is 0 Å². The average molecular weight is 402 g/mol. The number of hydrogen-bond donors (Lipinski definition) is 0. The lowest BCUT2D eigenvalue weighted by molar-refractivity contribution is 0.296. The van der Waals surface area contributed by atoms with Crippen LogP contribution in [-0.4, -0.2) is 18.0 Å². The van der Waals surface area contributed by atoms with E-state index in [0.717, 1.165) is 19.6 Å². The molecule has 4 aromatic rings. The first-order chi connectivity index (χ1) is 15.3. The number of benzene rings is 4. The van der Waals surface area contributed by atoms with E-state index in [1.807, 2.05) is 0 Å². The Balaban J connectivity index is 1.69. The molecule has 0 aromatic heterocycles. The summed E-state index contributed by atoms with van der Waals surface area (Å²) in [6.07, 6.45) is 0. The average Bonchev–Trinajstić information content (AvgIpc) is 3.30. The molecule has 152 valence electrons. The maximum absolute atomic E-state index is 2.49. The second kappa shape index (κ2) is 6.93. The SMILES string of the molecule is CCN(CC)Cc1ccc2c(c1)C1(c3ccccc3-c3ccccc31)c1ccccc1-2. The van der Waals surface area contributed by atoms with Crippen molar-refractivity contribution in [2.24, 2.45) is 0 Å². The van der Waals surface area contributed by atoms with Crippen LogP contribution in [0.4, 0.5) is 0 Å². The zero-order chi connectivity index (χ0) is 21.0. The van der Waals surface area contributed by atoms with Gasteiger partial charge in [0.25, 0.3) is 0 Å². The van der Waals surface area contributed by atoms with Crippen LogP contribution in [0.3, 0.4) is 0 Å². The summed E-state index contributed by atoms with van der Waals surface area (Å²) in [5.74, 6) is 0. The summed E-state index contributed by atoms with van der Waals surface area (Å²) in [5.41, 5.74) is 12.4. The Bertz CT molecular complexity index is 1230. The van der Waals surface area contributed by atoms with Crippen molar-refractivity contribution in [3.8, 4) is 22.3 Å². The van der Waals surface area contributed by atoms with Crippen LogP contribution in [0.1, 0.15) is 41.7 Å². The minimum Gasteiger partial charge on any atom is -0.300 e. The predicted octanol–water partition coefficient (Wildman–Crippen LogP) is 6.87. The Morgan fingerprint density at radius 1 is 0.548 bits per heavy atom. The third-order valence-corrected chi connectivity index (χ3v) is 7.36. The molecular weight excluding hydrogens is 374 g/mol. The van der Waals surface area contributed by atoms with E-state index in [9.17, 15) is 0 Å². The second-order valence-electron chi connectivity index (χ2n) is 8.73. The van der Waals surface area contributed by atoms with Crippen molar-refractivity contribution < 1.29 is 0 Å². The van der Waals surface area contributed by atoms with Crippen molar-refractivity contribution in [1.29, 1.82) is 0 Å². The van der Waals surface area contributed by atoms with Crippen LogP contribution in [0.25, 0.3) is 22.3 Å². The van der Waals surface area contributed by atoms with Gasteiger partial charge in [0, 0.05) is 6.54 Å². The van der Waals surface area contributed by atoms with Crippen molar-refractivity contribution in [2.45, 2.75) is 25.8 Å². The van der Waals surface area contributed by atoms with Crippen molar-refractivity contribution in [1.82, 2.24) is 4.90 Å². The van der Waals surface area contributed by atoms with E-state index < -0.39 is 0 Å². The summed E-state index contributed by atoms with van der Waals surface area (Å²) in [4.78, 5) is 2.49. The normalized spacial score (nSPS) is 14.4. The zero-order valence-corrected chi connectivity index (χ0v) is 18.2. The molecule has 0 heterocycles. The predicted molar refractivity (Wildman–Crippen MR) is 129 cm³/mol. The lowest BCUT2D eigenvalue weighted by atomic mass is 9.70. The molecule has 0 bridgehead atoms. The van der Waals surface area contributed by atoms with Crippen LogP contribution in [-0.2, 0) is 12.0 Å². The summed E-state index contributed by atoms with van der Waals surface area (Å²) >= 11 is 0. The Hall–Kier alpha value is -3.16. The maximum Gasteiger partial charge on any atom is 0.0725 e. The summed E-state index contributed by atoms with van der Waals surface area (Å²) < 4.78 is 0. The molecule has 0 radical (unpaired) electrons. The van der Waals surface area contributed by atoms with Gasteiger partial charge in [0.05, 0.1) is 5.41 Å². The number of fused-ring (bicyclic) bond motifs is 10. The minimum atomic E-state index is -0.224. The van der Waals surface area contributed by atoms with Crippen LogP contribution in [0.15, 0.2) is 91.0 Å².